The summed E-state index contributed by atoms with van der Waals surface area (Å²) in [4.78, 5) is 10.3. The lowest BCUT2D eigenvalue weighted by Gasteiger charge is -1.96. The molecule has 0 saturated carbocycles. The van der Waals surface area contributed by atoms with Crippen molar-refractivity contribution >= 4 is 17.7 Å². The van der Waals surface area contributed by atoms with Crippen LogP contribution >= 0.6 is 11.8 Å². The van der Waals surface area contributed by atoms with E-state index in [-0.39, 0.29) is 17.9 Å². The van der Waals surface area contributed by atoms with Crippen LogP contribution in [0, 0.1) is 5.82 Å². The quantitative estimate of drug-likeness (QED) is 0.648. The lowest BCUT2D eigenvalue weighted by molar-refractivity contribution is -0.137. The van der Waals surface area contributed by atoms with Crippen molar-refractivity contribution in [1.82, 2.24) is 10.2 Å². The first-order valence-electron chi connectivity index (χ1n) is 5.60. The van der Waals surface area contributed by atoms with Gasteiger partial charge in [-0.25, -0.2) is 4.39 Å². The number of thioether (sulfide) groups is 1. The summed E-state index contributed by atoms with van der Waals surface area (Å²) in [6.45, 7) is 0. The fraction of sp³-hybridized carbons (Fsp3) is 0.250. The summed E-state index contributed by atoms with van der Waals surface area (Å²) in [6.07, 6.45) is 0.610. The number of aliphatic carboxylic acids is 1. The van der Waals surface area contributed by atoms with Crippen LogP contribution in [0.4, 0.5) is 4.39 Å². The third kappa shape index (κ3) is 3.78. The highest BCUT2D eigenvalue weighted by Crippen LogP contribution is 2.25. The maximum atomic E-state index is 13.5. The second-order valence-corrected chi connectivity index (χ2v) is 4.74. The largest absolute Gasteiger partial charge is 0.481 e. The maximum absolute atomic E-state index is 13.5. The Hall–Kier alpha value is -1.89. The first kappa shape index (κ1) is 13.5. The third-order valence-corrected chi connectivity index (χ3v) is 3.18. The minimum Gasteiger partial charge on any atom is -0.481 e. The summed E-state index contributed by atoms with van der Waals surface area (Å²) < 4.78 is 18.8. The van der Waals surface area contributed by atoms with Crippen LogP contribution in [-0.2, 0) is 4.79 Å². The molecule has 0 fully saturated rings. The molecule has 0 aliphatic carbocycles. The Labute approximate surface area is 112 Å². The van der Waals surface area contributed by atoms with Gasteiger partial charge in [0.05, 0.1) is 5.56 Å². The summed E-state index contributed by atoms with van der Waals surface area (Å²) in [7, 11) is 0. The lowest BCUT2D eigenvalue weighted by Crippen LogP contribution is -1.94. The number of aromatic nitrogens is 2. The van der Waals surface area contributed by atoms with Crippen LogP contribution in [-0.4, -0.2) is 27.0 Å². The van der Waals surface area contributed by atoms with Gasteiger partial charge in [0.2, 0.25) is 0 Å². The topological polar surface area (TPSA) is 76.2 Å². The smallest absolute Gasteiger partial charge is 0.303 e. The number of carbonyl (C=O) groups is 1. The Kier molecular flexibility index (Phi) is 4.51. The van der Waals surface area contributed by atoms with Crippen LogP contribution in [0.3, 0.4) is 0 Å². The van der Waals surface area contributed by atoms with Gasteiger partial charge in [0, 0.05) is 12.2 Å². The van der Waals surface area contributed by atoms with Crippen molar-refractivity contribution in [3.05, 3.63) is 30.1 Å². The molecule has 0 atom stereocenters. The number of carboxylic acids is 1. The fourth-order valence-electron chi connectivity index (χ4n) is 1.39. The Bertz CT molecular complexity index is 574. The van der Waals surface area contributed by atoms with Crippen LogP contribution in [0.5, 0.6) is 0 Å². The van der Waals surface area contributed by atoms with Crippen LogP contribution in [0.15, 0.2) is 33.9 Å². The highest BCUT2D eigenvalue weighted by atomic mass is 32.2. The molecule has 2 aromatic rings. The van der Waals surface area contributed by atoms with Crippen molar-refractivity contribution in [2.75, 3.05) is 5.75 Å². The van der Waals surface area contributed by atoms with E-state index in [0.717, 1.165) is 0 Å². The van der Waals surface area contributed by atoms with Gasteiger partial charge in [-0.1, -0.05) is 23.9 Å². The molecule has 19 heavy (non-hydrogen) atoms. The van der Waals surface area contributed by atoms with Crippen molar-refractivity contribution < 1.29 is 18.7 Å². The number of halogens is 1. The van der Waals surface area contributed by atoms with Gasteiger partial charge in [-0.05, 0) is 18.6 Å². The standard InChI is InChI=1S/C12H11FN2O3S/c13-9-5-2-1-4-8(9)11-14-15-12(18-11)19-7-3-6-10(16)17/h1-2,4-5H,3,6-7H2,(H,16,17). The van der Waals surface area contributed by atoms with Crippen LogP contribution in [0.25, 0.3) is 11.5 Å². The molecule has 2 rings (SSSR count). The summed E-state index contributed by atoms with van der Waals surface area (Å²) in [5.74, 6) is -0.573. The van der Waals surface area contributed by atoms with Crippen LogP contribution in [0.2, 0.25) is 0 Å². The van der Waals surface area contributed by atoms with E-state index in [0.29, 0.717) is 17.4 Å². The number of benzene rings is 1. The minimum atomic E-state index is -0.835. The average molecular weight is 282 g/mol. The van der Waals surface area contributed by atoms with E-state index in [1.807, 2.05) is 0 Å². The minimum absolute atomic E-state index is 0.0985. The predicted octanol–water partition coefficient (Wildman–Crippen LogP) is 2.83. The normalized spacial score (nSPS) is 10.6. The number of rotatable bonds is 6. The van der Waals surface area contributed by atoms with E-state index in [1.165, 1.54) is 17.8 Å². The van der Waals surface area contributed by atoms with Gasteiger partial charge in [-0.3, -0.25) is 4.79 Å². The summed E-state index contributed by atoms with van der Waals surface area (Å²) in [6, 6.07) is 6.14. The molecule has 0 bridgehead atoms. The van der Waals surface area contributed by atoms with Gasteiger partial charge in [0.1, 0.15) is 5.82 Å². The molecule has 1 aromatic carbocycles. The van der Waals surface area contributed by atoms with Gasteiger partial charge >= 0.3 is 5.97 Å². The number of hydrogen-bond donors (Lipinski definition) is 1. The van der Waals surface area contributed by atoms with E-state index in [2.05, 4.69) is 10.2 Å². The van der Waals surface area contributed by atoms with E-state index in [4.69, 9.17) is 9.52 Å². The van der Waals surface area contributed by atoms with Crippen molar-refractivity contribution in [1.29, 1.82) is 0 Å². The first-order chi connectivity index (χ1) is 9.16. The predicted molar refractivity (Wildman–Crippen MR) is 67.3 cm³/mol. The van der Waals surface area contributed by atoms with E-state index >= 15 is 0 Å². The molecule has 0 amide bonds. The molecule has 0 aliphatic rings. The van der Waals surface area contributed by atoms with Crippen LogP contribution in [0.1, 0.15) is 12.8 Å². The number of hydrogen-bond acceptors (Lipinski definition) is 5. The zero-order chi connectivity index (χ0) is 13.7. The molecular weight excluding hydrogens is 271 g/mol. The van der Waals surface area contributed by atoms with Crippen molar-refractivity contribution in [2.24, 2.45) is 0 Å². The third-order valence-electron chi connectivity index (χ3n) is 2.27. The SMILES string of the molecule is O=C(O)CCCSc1nnc(-c2ccccc2F)o1. The van der Waals surface area contributed by atoms with Gasteiger partial charge in [0.25, 0.3) is 11.1 Å². The Morgan fingerprint density at radius 3 is 2.89 bits per heavy atom. The molecule has 0 aliphatic heterocycles. The zero-order valence-corrected chi connectivity index (χ0v) is 10.7. The second kappa shape index (κ2) is 6.33. The summed E-state index contributed by atoms with van der Waals surface area (Å²) >= 11 is 1.26. The molecular formula is C12H11FN2O3S. The zero-order valence-electron chi connectivity index (χ0n) is 9.88. The molecule has 0 saturated heterocycles. The molecule has 1 aromatic heterocycles. The van der Waals surface area contributed by atoms with E-state index in [1.54, 1.807) is 18.2 Å². The van der Waals surface area contributed by atoms with Gasteiger partial charge in [0.15, 0.2) is 0 Å². The number of nitrogens with zero attached hydrogens (tertiary/aromatic N) is 2. The lowest BCUT2D eigenvalue weighted by atomic mass is 10.2. The fourth-order valence-corrected chi connectivity index (χ4v) is 2.09. The molecule has 1 N–H and O–H groups in total. The van der Waals surface area contributed by atoms with Gasteiger partial charge in [-0.15, -0.1) is 10.2 Å². The molecule has 0 unspecified atom stereocenters. The van der Waals surface area contributed by atoms with Crippen molar-refractivity contribution in [2.45, 2.75) is 18.1 Å². The monoisotopic (exact) mass is 282 g/mol. The molecule has 5 nitrogen and oxygen atoms in total. The van der Waals surface area contributed by atoms with Gasteiger partial charge < -0.3 is 9.52 Å². The Morgan fingerprint density at radius 2 is 2.16 bits per heavy atom. The highest BCUT2D eigenvalue weighted by molar-refractivity contribution is 7.99. The first-order valence-corrected chi connectivity index (χ1v) is 6.58. The van der Waals surface area contributed by atoms with E-state index in [9.17, 15) is 9.18 Å². The molecule has 100 valence electrons. The average Bonchev–Trinajstić information content (AvgIpc) is 2.83. The van der Waals surface area contributed by atoms with E-state index < -0.39 is 11.8 Å². The second-order valence-electron chi connectivity index (χ2n) is 3.70. The molecule has 0 spiro atoms. The molecule has 1 heterocycles. The molecule has 0 radical (unpaired) electrons. The Morgan fingerprint density at radius 1 is 1.37 bits per heavy atom. The highest BCUT2D eigenvalue weighted by Gasteiger charge is 2.12. The van der Waals surface area contributed by atoms with Crippen LogP contribution < -0.4 is 0 Å². The van der Waals surface area contributed by atoms with Crippen molar-refractivity contribution in [3.63, 3.8) is 0 Å². The molecule has 7 heteroatoms. The Balaban J connectivity index is 1.96. The van der Waals surface area contributed by atoms with Gasteiger partial charge in [-0.2, -0.15) is 0 Å². The number of carboxylic acid groups (broad SMARTS) is 1. The van der Waals surface area contributed by atoms with Crippen molar-refractivity contribution in [3.8, 4) is 11.5 Å². The summed E-state index contributed by atoms with van der Waals surface area (Å²) in [5, 5.41) is 16.4. The maximum Gasteiger partial charge on any atom is 0.303 e. The summed E-state index contributed by atoms with van der Waals surface area (Å²) in [5.41, 5.74) is 0.257.